The Morgan fingerprint density at radius 1 is 1.03 bits per heavy atom. The van der Waals surface area contributed by atoms with E-state index in [2.05, 4.69) is 41.1 Å². The van der Waals surface area contributed by atoms with Gasteiger partial charge in [0, 0.05) is 29.9 Å². The number of aromatic nitrogens is 1. The average Bonchev–Trinajstić information content (AvgIpc) is 3.15. The van der Waals surface area contributed by atoms with Gasteiger partial charge in [-0.25, -0.2) is 4.79 Å². The van der Waals surface area contributed by atoms with Gasteiger partial charge in [-0.15, -0.1) is 0 Å². The number of hydrogen-bond donors (Lipinski definition) is 0. The van der Waals surface area contributed by atoms with Crippen LogP contribution in [0.15, 0.2) is 54.7 Å². The van der Waals surface area contributed by atoms with Crippen LogP contribution >= 0.6 is 12.0 Å². The van der Waals surface area contributed by atoms with Crippen molar-refractivity contribution >= 4 is 28.9 Å². The number of esters is 1. The number of unbranched alkanes of at least 4 members (excludes halogenated alkanes) is 1. The lowest BCUT2D eigenvalue weighted by molar-refractivity contribution is -0.158. The molecule has 0 amide bonds. The predicted octanol–water partition coefficient (Wildman–Crippen LogP) is 6.04. The first-order valence-corrected chi connectivity index (χ1v) is 11.8. The van der Waals surface area contributed by atoms with Crippen LogP contribution in [-0.4, -0.2) is 29.0 Å². The number of ether oxygens (including phenoxy) is 2. The monoisotopic (exact) mass is 441 g/mol. The summed E-state index contributed by atoms with van der Waals surface area (Å²) in [5.41, 5.74) is 1.50. The molecule has 1 aromatic heterocycles. The van der Waals surface area contributed by atoms with Crippen molar-refractivity contribution in [3.63, 3.8) is 0 Å². The fraction of sp³-hybridized carbons (Fsp3) is 0.400. The molecule has 0 unspecified atom stereocenters. The van der Waals surface area contributed by atoms with Crippen molar-refractivity contribution in [2.24, 2.45) is 0 Å². The number of fused-ring (bicyclic) bond motifs is 1. The van der Waals surface area contributed by atoms with Gasteiger partial charge in [-0.3, -0.25) is 0 Å². The van der Waals surface area contributed by atoms with Crippen LogP contribution < -0.4 is 8.92 Å². The van der Waals surface area contributed by atoms with Crippen molar-refractivity contribution in [2.75, 3.05) is 12.9 Å². The van der Waals surface area contributed by atoms with E-state index in [4.69, 9.17) is 13.7 Å². The predicted molar refractivity (Wildman–Crippen MR) is 127 cm³/mol. The molecule has 166 valence electrons. The lowest BCUT2D eigenvalue weighted by Crippen LogP contribution is -2.39. The molecule has 0 saturated carbocycles. The van der Waals surface area contributed by atoms with Gasteiger partial charge in [0.1, 0.15) is 11.5 Å². The molecular formula is C25H31NO4S. The highest BCUT2D eigenvalue weighted by Gasteiger charge is 2.31. The lowest BCUT2D eigenvalue weighted by Gasteiger charge is -2.24. The molecule has 3 aromatic rings. The summed E-state index contributed by atoms with van der Waals surface area (Å²) in [4.78, 5) is 12.0. The summed E-state index contributed by atoms with van der Waals surface area (Å²) in [6.45, 7) is 6.57. The summed E-state index contributed by atoms with van der Waals surface area (Å²) in [7, 11) is 0. The summed E-state index contributed by atoms with van der Waals surface area (Å²) in [6, 6.07) is 16.3. The fourth-order valence-electron chi connectivity index (χ4n) is 3.50. The SMILES string of the molecule is CCOC(=O)C(C)(C)Oc1ccc(CCCCn2ccc3cc(OSC)ccc32)cc1. The molecule has 2 aromatic carbocycles. The Hall–Kier alpha value is -2.60. The summed E-state index contributed by atoms with van der Waals surface area (Å²) in [5, 5.41) is 1.20. The molecule has 0 aliphatic rings. The summed E-state index contributed by atoms with van der Waals surface area (Å²) in [6.07, 6.45) is 7.26. The zero-order chi connectivity index (χ0) is 22.3. The van der Waals surface area contributed by atoms with Crippen molar-refractivity contribution in [2.45, 2.75) is 52.2 Å². The Morgan fingerprint density at radius 3 is 2.48 bits per heavy atom. The standard InChI is InChI=1S/C25H31NO4S/c1-5-28-24(27)25(2,3)29-21-11-9-19(10-12-21)8-6-7-16-26-17-15-20-18-22(30-31-4)13-14-23(20)26/h9-15,17-18H,5-8,16H2,1-4H3. The zero-order valence-corrected chi connectivity index (χ0v) is 19.5. The molecule has 0 radical (unpaired) electrons. The molecule has 31 heavy (non-hydrogen) atoms. The molecule has 0 aliphatic carbocycles. The maximum atomic E-state index is 12.0. The van der Waals surface area contributed by atoms with Crippen LogP contribution in [0.1, 0.15) is 39.2 Å². The van der Waals surface area contributed by atoms with Gasteiger partial charge < -0.3 is 18.2 Å². The minimum atomic E-state index is -1.00. The number of aryl methyl sites for hydroxylation is 2. The minimum Gasteiger partial charge on any atom is -0.476 e. The maximum Gasteiger partial charge on any atom is 0.349 e. The summed E-state index contributed by atoms with van der Waals surface area (Å²) < 4.78 is 18.7. The minimum absolute atomic E-state index is 0.344. The van der Waals surface area contributed by atoms with Crippen molar-refractivity contribution < 1.29 is 18.5 Å². The number of rotatable bonds is 11. The molecule has 3 rings (SSSR count). The molecule has 5 nitrogen and oxygen atoms in total. The number of benzene rings is 2. The molecule has 0 aliphatic heterocycles. The number of carbonyl (C=O) groups excluding carboxylic acids is 1. The van der Waals surface area contributed by atoms with E-state index in [0.717, 1.165) is 31.6 Å². The lowest BCUT2D eigenvalue weighted by atomic mass is 10.1. The van der Waals surface area contributed by atoms with E-state index in [1.165, 1.54) is 28.5 Å². The van der Waals surface area contributed by atoms with Gasteiger partial charge >= 0.3 is 5.97 Å². The average molecular weight is 442 g/mol. The maximum absolute atomic E-state index is 12.0. The van der Waals surface area contributed by atoms with Crippen molar-refractivity contribution in [1.29, 1.82) is 0 Å². The molecule has 1 heterocycles. The zero-order valence-electron chi connectivity index (χ0n) is 18.7. The highest BCUT2D eigenvalue weighted by Crippen LogP contribution is 2.25. The van der Waals surface area contributed by atoms with Crippen molar-refractivity contribution in [3.8, 4) is 11.5 Å². The van der Waals surface area contributed by atoms with E-state index >= 15 is 0 Å². The Kier molecular flexibility index (Phi) is 7.91. The number of carbonyl (C=O) groups is 1. The van der Waals surface area contributed by atoms with Gasteiger partial charge in [0.15, 0.2) is 5.60 Å². The normalized spacial score (nSPS) is 11.5. The largest absolute Gasteiger partial charge is 0.476 e. The Balaban J connectivity index is 1.48. The molecule has 0 saturated heterocycles. The highest BCUT2D eigenvalue weighted by atomic mass is 32.2. The first-order chi connectivity index (χ1) is 14.9. The van der Waals surface area contributed by atoms with Crippen molar-refractivity contribution in [1.82, 2.24) is 4.57 Å². The molecule has 6 heteroatoms. The summed E-state index contributed by atoms with van der Waals surface area (Å²) in [5.74, 6) is 1.20. The van der Waals surface area contributed by atoms with Crippen LogP contribution in [0.5, 0.6) is 11.5 Å². The fourth-order valence-corrected chi connectivity index (χ4v) is 3.79. The molecule has 0 N–H and O–H groups in total. The first kappa shape index (κ1) is 23.1. The van der Waals surface area contributed by atoms with E-state index < -0.39 is 5.60 Å². The second-order valence-corrected chi connectivity index (χ2v) is 8.41. The van der Waals surface area contributed by atoms with Crippen LogP contribution in [0, 0.1) is 0 Å². The Morgan fingerprint density at radius 2 is 1.77 bits per heavy atom. The molecular weight excluding hydrogens is 410 g/mol. The van der Waals surface area contributed by atoms with Crippen LogP contribution in [0.2, 0.25) is 0 Å². The van der Waals surface area contributed by atoms with Crippen LogP contribution in [0.25, 0.3) is 10.9 Å². The quantitative estimate of drug-likeness (QED) is 0.206. The highest BCUT2D eigenvalue weighted by molar-refractivity contribution is 7.94. The molecule has 0 spiro atoms. The molecule has 0 atom stereocenters. The third kappa shape index (κ3) is 6.20. The van der Waals surface area contributed by atoms with Crippen LogP contribution in [0.4, 0.5) is 0 Å². The van der Waals surface area contributed by atoms with E-state index in [1.54, 1.807) is 20.8 Å². The Bertz CT molecular complexity index is 994. The second kappa shape index (κ2) is 10.6. The molecule has 0 fully saturated rings. The van der Waals surface area contributed by atoms with Crippen molar-refractivity contribution in [3.05, 3.63) is 60.3 Å². The van der Waals surface area contributed by atoms with Crippen LogP contribution in [0.3, 0.4) is 0 Å². The van der Waals surface area contributed by atoms with Gasteiger partial charge in [0.2, 0.25) is 0 Å². The van der Waals surface area contributed by atoms with E-state index in [-0.39, 0.29) is 5.97 Å². The van der Waals surface area contributed by atoms with Crippen LogP contribution in [-0.2, 0) is 22.5 Å². The number of nitrogens with zero attached hydrogens (tertiary/aromatic N) is 1. The first-order valence-electron chi connectivity index (χ1n) is 10.7. The van der Waals surface area contributed by atoms with Gasteiger partial charge in [0.25, 0.3) is 0 Å². The smallest absolute Gasteiger partial charge is 0.349 e. The van der Waals surface area contributed by atoms with Gasteiger partial charge in [0.05, 0.1) is 18.6 Å². The molecule has 0 bridgehead atoms. The second-order valence-electron chi connectivity index (χ2n) is 7.91. The summed E-state index contributed by atoms with van der Waals surface area (Å²) >= 11 is 1.36. The van der Waals surface area contributed by atoms with E-state index in [9.17, 15) is 4.79 Å². The third-order valence-corrected chi connectivity index (χ3v) is 5.46. The third-order valence-electron chi connectivity index (χ3n) is 5.10. The van der Waals surface area contributed by atoms with Gasteiger partial charge in [-0.05, 0) is 82.0 Å². The van der Waals surface area contributed by atoms with Gasteiger partial charge in [-0.2, -0.15) is 0 Å². The topological polar surface area (TPSA) is 49.7 Å². The van der Waals surface area contributed by atoms with Gasteiger partial charge in [-0.1, -0.05) is 12.1 Å². The Labute approximate surface area is 188 Å². The number of hydrogen-bond acceptors (Lipinski definition) is 5. The van der Waals surface area contributed by atoms with E-state index in [1.807, 2.05) is 24.5 Å². The van der Waals surface area contributed by atoms with E-state index in [0.29, 0.717) is 12.4 Å².